The van der Waals surface area contributed by atoms with Crippen molar-refractivity contribution < 1.29 is 4.79 Å². The lowest BCUT2D eigenvalue weighted by molar-refractivity contribution is -0.117. The van der Waals surface area contributed by atoms with Crippen molar-refractivity contribution in [2.75, 3.05) is 18.4 Å². The second-order valence-corrected chi connectivity index (χ2v) is 5.96. The number of carbonyl (C=O) groups is 1. The number of carbonyl (C=O) groups excluding carboxylic acids is 1. The lowest BCUT2D eigenvalue weighted by atomic mass is 10.00. The summed E-state index contributed by atoms with van der Waals surface area (Å²) in [5.41, 5.74) is 7.63. The molecule has 0 radical (unpaired) electrons. The van der Waals surface area contributed by atoms with Crippen LogP contribution in [0.1, 0.15) is 32.3 Å². The van der Waals surface area contributed by atoms with Crippen LogP contribution in [-0.2, 0) is 11.3 Å². The Morgan fingerprint density at radius 1 is 1.45 bits per heavy atom. The molecule has 1 fully saturated rings. The van der Waals surface area contributed by atoms with E-state index in [2.05, 4.69) is 29.3 Å². The molecule has 2 atom stereocenters. The monoisotopic (exact) mass is 275 g/mol. The first-order valence-electron chi connectivity index (χ1n) is 7.42. The Labute approximate surface area is 121 Å². The van der Waals surface area contributed by atoms with Crippen molar-refractivity contribution in [2.24, 2.45) is 11.7 Å². The Morgan fingerprint density at radius 2 is 2.15 bits per heavy atom. The number of hydrogen-bond donors (Lipinski definition) is 2. The number of hydrogen-bond acceptors (Lipinski definition) is 3. The minimum Gasteiger partial charge on any atom is -0.325 e. The Bertz CT molecular complexity index is 442. The fraction of sp³-hybridized carbons (Fsp3) is 0.562. The molecule has 20 heavy (non-hydrogen) atoms. The van der Waals surface area contributed by atoms with E-state index in [-0.39, 0.29) is 5.91 Å². The summed E-state index contributed by atoms with van der Waals surface area (Å²) in [6, 6.07) is 7.57. The Morgan fingerprint density at radius 3 is 2.75 bits per heavy atom. The van der Waals surface area contributed by atoms with Gasteiger partial charge in [-0.3, -0.25) is 9.69 Å². The van der Waals surface area contributed by atoms with Gasteiger partial charge in [-0.15, -0.1) is 0 Å². The number of piperidine rings is 1. The second kappa shape index (κ2) is 6.86. The maximum absolute atomic E-state index is 11.5. The largest absolute Gasteiger partial charge is 0.325 e. The molecule has 0 saturated carbocycles. The van der Waals surface area contributed by atoms with Gasteiger partial charge in [-0.2, -0.15) is 0 Å². The molecule has 1 heterocycles. The number of anilines is 1. The first-order chi connectivity index (χ1) is 9.54. The van der Waals surface area contributed by atoms with Crippen LogP contribution in [-0.4, -0.2) is 29.9 Å². The molecule has 1 amide bonds. The zero-order valence-corrected chi connectivity index (χ0v) is 12.4. The lowest BCUT2D eigenvalue weighted by Crippen LogP contribution is -2.33. The third kappa shape index (κ3) is 4.32. The van der Waals surface area contributed by atoms with Crippen LogP contribution in [0.25, 0.3) is 0 Å². The maximum Gasteiger partial charge on any atom is 0.240 e. The van der Waals surface area contributed by atoms with Crippen LogP contribution < -0.4 is 11.1 Å². The van der Waals surface area contributed by atoms with Crippen LogP contribution in [0.4, 0.5) is 5.69 Å². The standard InChI is InChI=1S/C16H25N3O/c1-12-4-3-9-19(10-12)11-14-5-7-15(8-6-14)18-16(20)13(2)17/h5-8,12-13H,3-4,9-11,17H2,1-2H3,(H,18,20). The molecule has 1 saturated heterocycles. The smallest absolute Gasteiger partial charge is 0.240 e. The highest BCUT2D eigenvalue weighted by Crippen LogP contribution is 2.18. The highest BCUT2D eigenvalue weighted by molar-refractivity contribution is 5.94. The molecule has 2 rings (SSSR count). The highest BCUT2D eigenvalue weighted by atomic mass is 16.2. The summed E-state index contributed by atoms with van der Waals surface area (Å²) in [5.74, 6) is 0.649. The van der Waals surface area contributed by atoms with E-state index >= 15 is 0 Å². The van der Waals surface area contributed by atoms with Gasteiger partial charge in [-0.25, -0.2) is 0 Å². The van der Waals surface area contributed by atoms with E-state index in [0.29, 0.717) is 0 Å². The van der Waals surface area contributed by atoms with Gasteiger partial charge in [0.2, 0.25) is 5.91 Å². The van der Waals surface area contributed by atoms with E-state index in [0.717, 1.165) is 18.2 Å². The van der Waals surface area contributed by atoms with Crippen molar-refractivity contribution in [3.8, 4) is 0 Å². The molecule has 0 aliphatic carbocycles. The first kappa shape index (κ1) is 15.0. The first-order valence-corrected chi connectivity index (χ1v) is 7.42. The summed E-state index contributed by atoms with van der Waals surface area (Å²) < 4.78 is 0. The van der Waals surface area contributed by atoms with Gasteiger partial charge in [0.1, 0.15) is 0 Å². The second-order valence-electron chi connectivity index (χ2n) is 5.96. The van der Waals surface area contributed by atoms with Gasteiger partial charge < -0.3 is 11.1 Å². The third-order valence-corrected chi connectivity index (χ3v) is 3.78. The van der Waals surface area contributed by atoms with Crippen LogP contribution in [0.15, 0.2) is 24.3 Å². The van der Waals surface area contributed by atoms with E-state index in [9.17, 15) is 4.79 Å². The van der Waals surface area contributed by atoms with Crippen molar-refractivity contribution in [1.82, 2.24) is 4.90 Å². The number of amides is 1. The van der Waals surface area contributed by atoms with E-state index in [4.69, 9.17) is 5.73 Å². The molecule has 0 aromatic heterocycles. The van der Waals surface area contributed by atoms with Gasteiger partial charge in [-0.05, 0) is 49.9 Å². The summed E-state index contributed by atoms with van der Waals surface area (Å²) >= 11 is 0. The normalized spacial score (nSPS) is 21.4. The van der Waals surface area contributed by atoms with Crippen molar-refractivity contribution in [3.05, 3.63) is 29.8 Å². The number of benzene rings is 1. The zero-order valence-electron chi connectivity index (χ0n) is 12.4. The molecule has 4 nitrogen and oxygen atoms in total. The molecule has 1 aliphatic rings. The van der Waals surface area contributed by atoms with Crippen LogP contribution in [0.2, 0.25) is 0 Å². The number of likely N-dealkylation sites (tertiary alicyclic amines) is 1. The predicted molar refractivity (Wildman–Crippen MR) is 82.4 cm³/mol. The van der Waals surface area contributed by atoms with E-state index < -0.39 is 6.04 Å². The fourth-order valence-corrected chi connectivity index (χ4v) is 2.64. The molecule has 0 bridgehead atoms. The van der Waals surface area contributed by atoms with Gasteiger partial charge >= 0.3 is 0 Å². The van der Waals surface area contributed by atoms with E-state index in [1.807, 2.05) is 12.1 Å². The molecule has 1 aromatic carbocycles. The van der Waals surface area contributed by atoms with Crippen molar-refractivity contribution in [3.63, 3.8) is 0 Å². The van der Waals surface area contributed by atoms with Crippen LogP contribution >= 0.6 is 0 Å². The lowest BCUT2D eigenvalue weighted by Gasteiger charge is -2.30. The van der Waals surface area contributed by atoms with Crippen molar-refractivity contribution >= 4 is 11.6 Å². The molecule has 2 unspecified atom stereocenters. The number of nitrogens with one attached hydrogen (secondary N) is 1. The van der Waals surface area contributed by atoms with E-state index in [1.54, 1.807) is 6.92 Å². The highest BCUT2D eigenvalue weighted by Gasteiger charge is 2.16. The maximum atomic E-state index is 11.5. The summed E-state index contributed by atoms with van der Waals surface area (Å²) in [6.45, 7) is 7.36. The summed E-state index contributed by atoms with van der Waals surface area (Å²) in [4.78, 5) is 14.0. The Hall–Kier alpha value is -1.39. The zero-order chi connectivity index (χ0) is 14.5. The summed E-state index contributed by atoms with van der Waals surface area (Å²) in [6.07, 6.45) is 2.64. The van der Waals surface area contributed by atoms with Crippen molar-refractivity contribution in [2.45, 2.75) is 39.3 Å². The van der Waals surface area contributed by atoms with Gasteiger partial charge in [0, 0.05) is 18.8 Å². The minimum atomic E-state index is -0.482. The summed E-state index contributed by atoms with van der Waals surface area (Å²) in [5, 5.41) is 2.80. The Kier molecular flexibility index (Phi) is 5.15. The molecule has 4 heteroatoms. The topological polar surface area (TPSA) is 58.4 Å². The van der Waals surface area contributed by atoms with Gasteiger partial charge in [0.05, 0.1) is 6.04 Å². The molecular weight excluding hydrogens is 250 g/mol. The SMILES string of the molecule is CC1CCCN(Cc2ccc(NC(=O)C(C)N)cc2)C1. The molecule has 1 aromatic rings. The third-order valence-electron chi connectivity index (χ3n) is 3.78. The average molecular weight is 275 g/mol. The minimum absolute atomic E-state index is 0.150. The number of nitrogens with two attached hydrogens (primary N) is 1. The van der Waals surface area contributed by atoms with Gasteiger partial charge in [-0.1, -0.05) is 19.1 Å². The van der Waals surface area contributed by atoms with Gasteiger partial charge in [0.15, 0.2) is 0 Å². The number of nitrogens with zero attached hydrogens (tertiary/aromatic N) is 1. The van der Waals surface area contributed by atoms with Crippen LogP contribution in [0.5, 0.6) is 0 Å². The molecule has 3 N–H and O–H groups in total. The Balaban J connectivity index is 1.89. The summed E-state index contributed by atoms with van der Waals surface area (Å²) in [7, 11) is 0. The average Bonchev–Trinajstić information content (AvgIpc) is 2.41. The van der Waals surface area contributed by atoms with E-state index in [1.165, 1.54) is 31.5 Å². The quantitative estimate of drug-likeness (QED) is 0.885. The predicted octanol–water partition coefficient (Wildman–Crippen LogP) is 2.20. The fourth-order valence-electron chi connectivity index (χ4n) is 2.64. The van der Waals surface area contributed by atoms with Crippen LogP contribution in [0.3, 0.4) is 0 Å². The van der Waals surface area contributed by atoms with Crippen molar-refractivity contribution in [1.29, 1.82) is 0 Å². The molecular formula is C16H25N3O. The number of rotatable bonds is 4. The molecule has 110 valence electrons. The van der Waals surface area contributed by atoms with Crippen LogP contribution in [0, 0.1) is 5.92 Å². The molecule has 1 aliphatic heterocycles. The van der Waals surface area contributed by atoms with Gasteiger partial charge in [0.25, 0.3) is 0 Å². The molecule has 0 spiro atoms.